The molecule has 1 saturated heterocycles. The highest BCUT2D eigenvalue weighted by atomic mass is 32.2. The molecule has 11 heteroatoms. The van der Waals surface area contributed by atoms with E-state index in [1.165, 1.54) is 27.4 Å². The molecule has 1 N–H and O–H groups in total. The molecule has 168 valence electrons. The Morgan fingerprint density at radius 3 is 2.45 bits per heavy atom. The molecule has 0 bridgehead atoms. The Hall–Kier alpha value is -2.14. The highest BCUT2D eigenvalue weighted by molar-refractivity contribution is 7.88. The molecular formula is C20H25F2N5O3S. The molecule has 2 aromatic heterocycles. The first kappa shape index (κ1) is 20.7. The predicted octanol–water partition coefficient (Wildman–Crippen LogP) is 2.54. The van der Waals surface area contributed by atoms with Crippen molar-refractivity contribution in [1.82, 2.24) is 18.8 Å². The van der Waals surface area contributed by atoms with Gasteiger partial charge in [0.1, 0.15) is 5.65 Å². The second kappa shape index (κ2) is 7.47. The summed E-state index contributed by atoms with van der Waals surface area (Å²) in [5.74, 6) is 1.50. The number of alkyl halides is 2. The number of piperidine rings is 1. The number of pyridine rings is 1. The van der Waals surface area contributed by atoms with E-state index >= 15 is 0 Å². The van der Waals surface area contributed by atoms with Crippen molar-refractivity contribution < 1.29 is 17.2 Å². The topological polar surface area (TPSA) is 97.2 Å². The van der Waals surface area contributed by atoms with Gasteiger partial charge in [0.05, 0.1) is 11.8 Å². The predicted molar refractivity (Wildman–Crippen MR) is 112 cm³/mol. The lowest BCUT2D eigenvalue weighted by Gasteiger charge is -2.30. The van der Waals surface area contributed by atoms with Crippen LogP contribution in [0.1, 0.15) is 50.1 Å². The first-order valence-electron chi connectivity index (χ1n) is 10.6. The van der Waals surface area contributed by atoms with Crippen molar-refractivity contribution in [1.29, 1.82) is 0 Å². The van der Waals surface area contributed by atoms with Crippen LogP contribution in [0.5, 0.6) is 0 Å². The van der Waals surface area contributed by atoms with Crippen LogP contribution in [0, 0.1) is 11.8 Å². The summed E-state index contributed by atoms with van der Waals surface area (Å²) < 4.78 is 53.3. The molecule has 3 heterocycles. The zero-order valence-electron chi connectivity index (χ0n) is 17.2. The van der Waals surface area contributed by atoms with Gasteiger partial charge in [-0.1, -0.05) is 0 Å². The number of hydrogen-bond donors (Lipinski definition) is 1. The van der Waals surface area contributed by atoms with Crippen LogP contribution in [0.25, 0.3) is 11.0 Å². The molecule has 0 spiro atoms. The molecule has 5 rings (SSSR count). The molecule has 2 unspecified atom stereocenters. The minimum absolute atomic E-state index is 0.00455. The molecule has 1 aliphatic heterocycles. The summed E-state index contributed by atoms with van der Waals surface area (Å²) >= 11 is 0. The SMILES string of the molecule is CS(=O)(=O)N1CCC(Nc2ncc3cc(C(F)F)c(=O)n(C4CC5CC5C4)c3n2)CC1. The maximum atomic E-state index is 13.5. The molecule has 2 aliphatic carbocycles. The summed E-state index contributed by atoms with van der Waals surface area (Å²) in [4.78, 5) is 21.7. The van der Waals surface area contributed by atoms with Crippen LogP contribution >= 0.6 is 0 Å². The zero-order chi connectivity index (χ0) is 21.9. The first-order chi connectivity index (χ1) is 14.7. The van der Waals surface area contributed by atoms with Crippen molar-refractivity contribution in [2.45, 2.75) is 50.6 Å². The number of fused-ring (bicyclic) bond motifs is 2. The lowest BCUT2D eigenvalue weighted by molar-refractivity contribution is 0.149. The van der Waals surface area contributed by atoms with Crippen LogP contribution in [-0.2, 0) is 10.0 Å². The van der Waals surface area contributed by atoms with Gasteiger partial charge in [-0.2, -0.15) is 4.98 Å². The summed E-state index contributed by atoms with van der Waals surface area (Å²) in [5, 5.41) is 3.65. The molecular weight excluding hydrogens is 428 g/mol. The van der Waals surface area contributed by atoms with Crippen LogP contribution in [0.15, 0.2) is 17.1 Å². The van der Waals surface area contributed by atoms with Crippen LogP contribution in [-0.4, -0.2) is 52.6 Å². The normalized spacial score (nSPS) is 27.0. The van der Waals surface area contributed by atoms with Crippen molar-refractivity contribution in [3.63, 3.8) is 0 Å². The van der Waals surface area contributed by atoms with E-state index in [1.807, 2.05) is 0 Å². The van der Waals surface area contributed by atoms with Gasteiger partial charge in [0.2, 0.25) is 16.0 Å². The van der Waals surface area contributed by atoms with Crippen LogP contribution in [0.4, 0.5) is 14.7 Å². The van der Waals surface area contributed by atoms with Gasteiger partial charge >= 0.3 is 0 Å². The lowest BCUT2D eigenvalue weighted by atomic mass is 10.1. The van der Waals surface area contributed by atoms with E-state index < -0.39 is 27.6 Å². The molecule has 8 nitrogen and oxygen atoms in total. The Balaban J connectivity index is 1.45. The number of nitrogens with zero attached hydrogens (tertiary/aromatic N) is 4. The van der Waals surface area contributed by atoms with Gasteiger partial charge in [0.15, 0.2) is 0 Å². The minimum atomic E-state index is -3.21. The number of halogens is 2. The second-order valence-corrected chi connectivity index (χ2v) is 11.0. The van der Waals surface area contributed by atoms with Gasteiger partial charge in [-0.25, -0.2) is 26.5 Å². The van der Waals surface area contributed by atoms with E-state index in [4.69, 9.17) is 0 Å². The number of hydrogen-bond acceptors (Lipinski definition) is 6. The van der Waals surface area contributed by atoms with Gasteiger partial charge in [-0.05, 0) is 50.0 Å². The van der Waals surface area contributed by atoms with Crippen LogP contribution < -0.4 is 10.9 Å². The Morgan fingerprint density at radius 1 is 1.16 bits per heavy atom. The van der Waals surface area contributed by atoms with E-state index in [0.29, 0.717) is 54.7 Å². The van der Waals surface area contributed by atoms with E-state index in [1.54, 1.807) is 0 Å². The first-order valence-corrected chi connectivity index (χ1v) is 12.5. The van der Waals surface area contributed by atoms with Crippen LogP contribution in [0.2, 0.25) is 0 Å². The minimum Gasteiger partial charge on any atom is -0.351 e. The number of rotatable bonds is 5. The Bertz CT molecular complexity index is 1170. The molecule has 2 atom stereocenters. The summed E-state index contributed by atoms with van der Waals surface area (Å²) in [5.41, 5.74) is -0.794. The Morgan fingerprint density at radius 2 is 1.84 bits per heavy atom. The maximum Gasteiger partial charge on any atom is 0.269 e. The highest BCUT2D eigenvalue weighted by Gasteiger charge is 2.47. The van der Waals surface area contributed by atoms with Gasteiger partial charge < -0.3 is 5.32 Å². The molecule has 0 amide bonds. The Kier molecular flexibility index (Phi) is 5.00. The van der Waals surface area contributed by atoms with Crippen molar-refractivity contribution in [3.05, 3.63) is 28.2 Å². The fraction of sp³-hybridized carbons (Fsp3) is 0.650. The third kappa shape index (κ3) is 3.93. The third-order valence-electron chi connectivity index (χ3n) is 6.88. The average molecular weight is 454 g/mol. The number of sulfonamides is 1. The van der Waals surface area contributed by atoms with E-state index in [2.05, 4.69) is 15.3 Å². The summed E-state index contributed by atoms with van der Waals surface area (Å²) in [6, 6.07) is 1.08. The highest BCUT2D eigenvalue weighted by Crippen LogP contribution is 2.56. The number of nitrogens with one attached hydrogen (secondary N) is 1. The maximum absolute atomic E-state index is 13.5. The molecule has 2 saturated carbocycles. The van der Waals surface area contributed by atoms with Gasteiger partial charge in [0.25, 0.3) is 12.0 Å². The van der Waals surface area contributed by atoms with E-state index in [-0.39, 0.29) is 12.1 Å². The zero-order valence-corrected chi connectivity index (χ0v) is 18.0. The number of anilines is 1. The fourth-order valence-electron chi connectivity index (χ4n) is 5.11. The van der Waals surface area contributed by atoms with E-state index in [0.717, 1.165) is 19.3 Å². The third-order valence-corrected chi connectivity index (χ3v) is 8.18. The molecule has 2 aromatic rings. The van der Waals surface area contributed by atoms with Crippen molar-refractivity contribution in [2.75, 3.05) is 24.7 Å². The van der Waals surface area contributed by atoms with Crippen molar-refractivity contribution >= 4 is 27.0 Å². The molecule has 31 heavy (non-hydrogen) atoms. The summed E-state index contributed by atoms with van der Waals surface area (Å²) in [6.07, 6.45) is 3.85. The molecule has 0 aromatic carbocycles. The van der Waals surface area contributed by atoms with Crippen LogP contribution in [0.3, 0.4) is 0 Å². The molecule has 3 aliphatic rings. The average Bonchev–Trinajstić information content (AvgIpc) is 3.32. The van der Waals surface area contributed by atoms with Gasteiger partial charge in [-0.15, -0.1) is 0 Å². The van der Waals surface area contributed by atoms with Crippen molar-refractivity contribution in [3.8, 4) is 0 Å². The molecule has 0 radical (unpaired) electrons. The van der Waals surface area contributed by atoms with Gasteiger partial charge in [0, 0.05) is 36.8 Å². The molecule has 3 fully saturated rings. The fourth-order valence-corrected chi connectivity index (χ4v) is 5.99. The smallest absolute Gasteiger partial charge is 0.269 e. The standard InChI is InChI=1S/C20H25F2N5O3S/c1-31(29,30)26-4-2-14(3-5-26)24-20-23-10-13-9-16(17(21)22)19(28)27(18(13)25-20)15-7-11-6-12(11)8-15/h9-12,14-15,17H,2-8H2,1H3,(H,23,24,25). The van der Waals surface area contributed by atoms with Crippen molar-refractivity contribution in [2.24, 2.45) is 11.8 Å². The summed E-state index contributed by atoms with van der Waals surface area (Å²) in [7, 11) is -3.21. The summed E-state index contributed by atoms with van der Waals surface area (Å²) in [6.45, 7) is 0.828. The largest absolute Gasteiger partial charge is 0.351 e. The van der Waals surface area contributed by atoms with Gasteiger partial charge in [-0.3, -0.25) is 9.36 Å². The monoisotopic (exact) mass is 453 g/mol. The quantitative estimate of drug-likeness (QED) is 0.747. The Labute approximate surface area is 178 Å². The van der Waals surface area contributed by atoms with E-state index in [9.17, 15) is 22.0 Å². The number of aromatic nitrogens is 3. The second-order valence-electron chi connectivity index (χ2n) is 9.01. The lowest BCUT2D eigenvalue weighted by Crippen LogP contribution is -2.42.